The lowest BCUT2D eigenvalue weighted by atomic mass is 10.1. The first-order valence-electron chi connectivity index (χ1n) is 5.53. The molecule has 1 rings (SSSR count). The molecule has 16 heavy (non-hydrogen) atoms. The molecule has 92 valence electrons. The van der Waals surface area contributed by atoms with Crippen LogP contribution in [0.2, 0.25) is 0 Å². The standard InChI is InChI=1S/C10H18N2O4/c13-8(10(15)16)6-12-9(14)7-4-2-1-3-5-11-7/h7-8,11,13H,1-6H2,(H,12,14)(H,15,16). The second-order valence-corrected chi connectivity index (χ2v) is 3.96. The monoisotopic (exact) mass is 230 g/mol. The first-order valence-corrected chi connectivity index (χ1v) is 5.53. The van der Waals surface area contributed by atoms with Crippen LogP contribution >= 0.6 is 0 Å². The summed E-state index contributed by atoms with van der Waals surface area (Å²) in [6, 6.07) is -0.261. The van der Waals surface area contributed by atoms with E-state index in [2.05, 4.69) is 10.6 Å². The molecular formula is C10H18N2O4. The number of aliphatic carboxylic acids is 1. The molecule has 1 aliphatic rings. The zero-order valence-corrected chi connectivity index (χ0v) is 9.11. The molecule has 1 fully saturated rings. The molecule has 0 spiro atoms. The average Bonchev–Trinajstić information content (AvgIpc) is 2.53. The summed E-state index contributed by atoms with van der Waals surface area (Å²) >= 11 is 0. The highest BCUT2D eigenvalue weighted by atomic mass is 16.4. The molecule has 2 atom stereocenters. The van der Waals surface area contributed by atoms with E-state index in [0.717, 1.165) is 32.2 Å². The van der Waals surface area contributed by atoms with Crippen molar-refractivity contribution in [2.75, 3.05) is 13.1 Å². The summed E-state index contributed by atoms with van der Waals surface area (Å²) in [5, 5.41) is 23.0. The summed E-state index contributed by atoms with van der Waals surface area (Å²) in [4.78, 5) is 21.9. The number of aliphatic hydroxyl groups excluding tert-OH is 1. The summed E-state index contributed by atoms with van der Waals surface area (Å²) in [6.07, 6.45) is 2.38. The van der Waals surface area contributed by atoms with Gasteiger partial charge in [-0.05, 0) is 19.4 Å². The van der Waals surface area contributed by atoms with Gasteiger partial charge in [0.2, 0.25) is 5.91 Å². The zero-order chi connectivity index (χ0) is 12.0. The van der Waals surface area contributed by atoms with E-state index in [-0.39, 0.29) is 18.5 Å². The highest BCUT2D eigenvalue weighted by molar-refractivity contribution is 5.82. The first kappa shape index (κ1) is 12.9. The molecule has 4 N–H and O–H groups in total. The van der Waals surface area contributed by atoms with Crippen molar-refractivity contribution in [3.05, 3.63) is 0 Å². The Morgan fingerprint density at radius 2 is 2.12 bits per heavy atom. The van der Waals surface area contributed by atoms with Crippen molar-refractivity contribution in [1.82, 2.24) is 10.6 Å². The lowest BCUT2D eigenvalue weighted by Crippen LogP contribution is -2.46. The number of carbonyl (C=O) groups excluding carboxylic acids is 1. The molecule has 6 nitrogen and oxygen atoms in total. The second-order valence-electron chi connectivity index (χ2n) is 3.96. The second kappa shape index (κ2) is 6.44. The van der Waals surface area contributed by atoms with Crippen molar-refractivity contribution in [2.45, 2.75) is 37.8 Å². The molecule has 2 unspecified atom stereocenters. The highest BCUT2D eigenvalue weighted by Crippen LogP contribution is 2.08. The maximum atomic E-state index is 11.6. The normalized spacial score (nSPS) is 23.2. The van der Waals surface area contributed by atoms with E-state index in [1.165, 1.54) is 0 Å². The summed E-state index contributed by atoms with van der Waals surface area (Å²) in [5.74, 6) is -1.56. The van der Waals surface area contributed by atoms with Gasteiger partial charge in [-0.2, -0.15) is 0 Å². The van der Waals surface area contributed by atoms with Crippen LogP contribution in [0.15, 0.2) is 0 Å². The van der Waals surface area contributed by atoms with Crippen molar-refractivity contribution in [3.8, 4) is 0 Å². The van der Waals surface area contributed by atoms with Crippen LogP contribution in [0, 0.1) is 0 Å². The van der Waals surface area contributed by atoms with Gasteiger partial charge in [-0.15, -0.1) is 0 Å². The maximum absolute atomic E-state index is 11.6. The highest BCUT2D eigenvalue weighted by Gasteiger charge is 2.21. The molecular weight excluding hydrogens is 212 g/mol. The molecule has 0 bridgehead atoms. The lowest BCUT2D eigenvalue weighted by molar-refractivity contribution is -0.146. The van der Waals surface area contributed by atoms with E-state index >= 15 is 0 Å². The third-order valence-corrected chi connectivity index (χ3v) is 2.63. The Balaban J connectivity index is 2.30. The van der Waals surface area contributed by atoms with Crippen LogP contribution in [0.1, 0.15) is 25.7 Å². The molecule has 0 saturated carbocycles. The predicted octanol–water partition coefficient (Wildman–Crippen LogP) is -0.920. The fraction of sp³-hybridized carbons (Fsp3) is 0.800. The molecule has 6 heteroatoms. The fourth-order valence-electron chi connectivity index (χ4n) is 1.66. The quantitative estimate of drug-likeness (QED) is 0.500. The lowest BCUT2D eigenvalue weighted by Gasteiger charge is -2.16. The Kier molecular flexibility index (Phi) is 5.21. The topological polar surface area (TPSA) is 98.7 Å². The molecule has 1 saturated heterocycles. The third-order valence-electron chi connectivity index (χ3n) is 2.63. The van der Waals surface area contributed by atoms with Crippen molar-refractivity contribution in [3.63, 3.8) is 0 Å². The molecule has 0 aromatic rings. The van der Waals surface area contributed by atoms with Crippen LogP contribution in [0.3, 0.4) is 0 Å². The van der Waals surface area contributed by atoms with Gasteiger partial charge in [-0.25, -0.2) is 4.79 Å². The van der Waals surface area contributed by atoms with Gasteiger partial charge >= 0.3 is 5.97 Å². The van der Waals surface area contributed by atoms with Gasteiger partial charge in [0, 0.05) is 0 Å². The van der Waals surface area contributed by atoms with Crippen LogP contribution < -0.4 is 10.6 Å². The minimum atomic E-state index is -1.53. The number of carboxylic acid groups (broad SMARTS) is 1. The smallest absolute Gasteiger partial charge is 0.334 e. The van der Waals surface area contributed by atoms with Gasteiger partial charge in [-0.1, -0.05) is 12.8 Å². The number of carboxylic acids is 1. The van der Waals surface area contributed by atoms with Crippen LogP contribution in [-0.4, -0.2) is 47.3 Å². The van der Waals surface area contributed by atoms with Gasteiger partial charge in [-0.3, -0.25) is 4.79 Å². The summed E-state index contributed by atoms with van der Waals surface area (Å²) < 4.78 is 0. The van der Waals surface area contributed by atoms with Crippen LogP contribution in [0.25, 0.3) is 0 Å². The Labute approximate surface area is 94.0 Å². The fourth-order valence-corrected chi connectivity index (χ4v) is 1.66. The minimum Gasteiger partial charge on any atom is -0.479 e. The summed E-state index contributed by atoms with van der Waals surface area (Å²) in [5.41, 5.74) is 0. The van der Waals surface area contributed by atoms with Crippen molar-refractivity contribution in [1.29, 1.82) is 0 Å². The van der Waals surface area contributed by atoms with Gasteiger partial charge < -0.3 is 20.8 Å². The first-order chi connectivity index (χ1) is 7.61. The van der Waals surface area contributed by atoms with Crippen LogP contribution in [0.4, 0.5) is 0 Å². The van der Waals surface area contributed by atoms with Crippen LogP contribution in [0.5, 0.6) is 0 Å². The van der Waals surface area contributed by atoms with E-state index in [4.69, 9.17) is 10.2 Å². The van der Waals surface area contributed by atoms with E-state index < -0.39 is 12.1 Å². The summed E-state index contributed by atoms with van der Waals surface area (Å²) in [6.45, 7) is 0.561. The minimum absolute atomic E-state index is 0.234. The molecule has 1 aliphatic heterocycles. The van der Waals surface area contributed by atoms with E-state index in [1.54, 1.807) is 0 Å². The predicted molar refractivity (Wildman–Crippen MR) is 56.9 cm³/mol. The number of rotatable bonds is 4. The van der Waals surface area contributed by atoms with Crippen molar-refractivity contribution < 1.29 is 19.8 Å². The number of amides is 1. The summed E-state index contributed by atoms with van der Waals surface area (Å²) in [7, 11) is 0. The Morgan fingerprint density at radius 1 is 1.38 bits per heavy atom. The SMILES string of the molecule is O=C(O)C(O)CNC(=O)C1CCCCCN1. The molecule has 1 heterocycles. The number of nitrogens with one attached hydrogen (secondary N) is 2. The molecule has 0 aliphatic carbocycles. The molecule has 1 amide bonds. The molecule has 0 aromatic heterocycles. The van der Waals surface area contributed by atoms with Gasteiger partial charge in [0.1, 0.15) is 0 Å². The Hall–Kier alpha value is -1.14. The largest absolute Gasteiger partial charge is 0.479 e. The number of hydrogen-bond donors (Lipinski definition) is 4. The number of aliphatic hydroxyl groups is 1. The molecule has 0 radical (unpaired) electrons. The van der Waals surface area contributed by atoms with Crippen molar-refractivity contribution in [2.24, 2.45) is 0 Å². The molecule has 0 aromatic carbocycles. The number of carbonyl (C=O) groups is 2. The number of hydrogen-bond acceptors (Lipinski definition) is 4. The third kappa shape index (κ3) is 4.16. The van der Waals surface area contributed by atoms with E-state index in [9.17, 15) is 9.59 Å². The Morgan fingerprint density at radius 3 is 2.81 bits per heavy atom. The average molecular weight is 230 g/mol. The van der Waals surface area contributed by atoms with Crippen LogP contribution in [-0.2, 0) is 9.59 Å². The van der Waals surface area contributed by atoms with Gasteiger partial charge in [0.25, 0.3) is 0 Å². The van der Waals surface area contributed by atoms with E-state index in [1.807, 2.05) is 0 Å². The Bertz CT molecular complexity index is 249. The zero-order valence-electron chi connectivity index (χ0n) is 9.11. The van der Waals surface area contributed by atoms with Crippen molar-refractivity contribution >= 4 is 11.9 Å². The van der Waals surface area contributed by atoms with Gasteiger partial charge in [0.05, 0.1) is 12.6 Å². The maximum Gasteiger partial charge on any atom is 0.334 e. The van der Waals surface area contributed by atoms with Gasteiger partial charge in [0.15, 0.2) is 6.10 Å². The van der Waals surface area contributed by atoms with E-state index in [0.29, 0.717) is 0 Å².